The molecule has 2 aromatic rings. The Labute approximate surface area is 97.5 Å². The van der Waals surface area contributed by atoms with Crippen LogP contribution in [0.4, 0.5) is 8.78 Å². The lowest BCUT2D eigenvalue weighted by Crippen LogP contribution is -2.04. The maximum Gasteiger partial charge on any atom is 0.142 e. The lowest BCUT2D eigenvalue weighted by molar-refractivity contribution is 0.177. The zero-order valence-electron chi connectivity index (χ0n) is 9.28. The molecule has 0 radical (unpaired) electrons. The van der Waals surface area contributed by atoms with Crippen LogP contribution in [0.5, 0.6) is 0 Å². The lowest BCUT2D eigenvalue weighted by Gasteiger charge is -2.10. The summed E-state index contributed by atoms with van der Waals surface area (Å²) in [6, 6.07) is 6.66. The first-order valence-electron chi connectivity index (χ1n) is 5.34. The highest BCUT2D eigenvalue weighted by atomic mass is 19.1. The number of halogens is 2. The van der Waals surface area contributed by atoms with Gasteiger partial charge in [0, 0.05) is 6.42 Å². The molecule has 1 N–H and O–H groups in total. The largest absolute Gasteiger partial charge is 0.463 e. The Morgan fingerprint density at radius 3 is 2.35 bits per heavy atom. The van der Waals surface area contributed by atoms with Crippen molar-refractivity contribution in [1.29, 1.82) is 0 Å². The number of aryl methyl sites for hydroxylation is 1. The van der Waals surface area contributed by atoms with E-state index < -0.39 is 17.7 Å². The Morgan fingerprint density at radius 1 is 1.18 bits per heavy atom. The molecule has 2 rings (SSSR count). The van der Waals surface area contributed by atoms with Crippen molar-refractivity contribution in [2.24, 2.45) is 0 Å². The molecule has 0 spiro atoms. The fourth-order valence-electron chi connectivity index (χ4n) is 1.65. The minimum atomic E-state index is -1.42. The summed E-state index contributed by atoms with van der Waals surface area (Å²) >= 11 is 0. The average molecular weight is 238 g/mol. The van der Waals surface area contributed by atoms with Crippen molar-refractivity contribution in [3.8, 4) is 0 Å². The summed E-state index contributed by atoms with van der Waals surface area (Å²) in [5, 5.41) is 9.89. The van der Waals surface area contributed by atoms with E-state index in [1.54, 1.807) is 6.07 Å². The number of rotatable bonds is 3. The van der Waals surface area contributed by atoms with Gasteiger partial charge >= 0.3 is 0 Å². The van der Waals surface area contributed by atoms with Crippen LogP contribution in [0, 0.1) is 11.6 Å². The number of hydrogen-bond acceptors (Lipinski definition) is 2. The van der Waals surface area contributed by atoms with Crippen LogP contribution in [0.15, 0.2) is 34.7 Å². The van der Waals surface area contributed by atoms with E-state index in [4.69, 9.17) is 4.42 Å². The summed E-state index contributed by atoms with van der Waals surface area (Å²) < 4.78 is 32.1. The van der Waals surface area contributed by atoms with E-state index in [-0.39, 0.29) is 11.3 Å². The van der Waals surface area contributed by atoms with Crippen LogP contribution in [0.2, 0.25) is 0 Å². The van der Waals surface area contributed by atoms with Crippen molar-refractivity contribution < 1.29 is 18.3 Å². The minimum Gasteiger partial charge on any atom is -0.463 e. The van der Waals surface area contributed by atoms with E-state index >= 15 is 0 Å². The summed E-state index contributed by atoms with van der Waals surface area (Å²) in [7, 11) is 0. The topological polar surface area (TPSA) is 33.4 Å². The summed E-state index contributed by atoms with van der Waals surface area (Å²) in [4.78, 5) is 0. The Hall–Kier alpha value is -1.68. The van der Waals surface area contributed by atoms with E-state index in [9.17, 15) is 13.9 Å². The Bertz CT molecular complexity index is 500. The number of hydrogen-bond donors (Lipinski definition) is 1. The third-order valence-electron chi connectivity index (χ3n) is 2.57. The molecule has 0 amide bonds. The molecule has 0 fully saturated rings. The summed E-state index contributed by atoms with van der Waals surface area (Å²) in [5.74, 6) is -0.763. The lowest BCUT2D eigenvalue weighted by atomic mass is 10.1. The van der Waals surface area contributed by atoms with Gasteiger partial charge in [-0.15, -0.1) is 0 Å². The van der Waals surface area contributed by atoms with Gasteiger partial charge in [0.05, 0.1) is 5.56 Å². The summed E-state index contributed by atoms with van der Waals surface area (Å²) in [5.41, 5.74) is -0.385. The number of aliphatic hydroxyl groups is 1. The molecule has 2 nitrogen and oxygen atoms in total. The van der Waals surface area contributed by atoms with E-state index in [0.29, 0.717) is 12.2 Å². The van der Waals surface area contributed by atoms with Gasteiger partial charge in [0.25, 0.3) is 0 Å². The van der Waals surface area contributed by atoms with Crippen molar-refractivity contribution in [2.45, 2.75) is 19.4 Å². The van der Waals surface area contributed by atoms with E-state index in [1.165, 1.54) is 12.1 Å². The van der Waals surface area contributed by atoms with Gasteiger partial charge in [-0.3, -0.25) is 0 Å². The molecule has 0 aliphatic carbocycles. The Balaban J connectivity index is 2.39. The molecule has 0 saturated heterocycles. The van der Waals surface area contributed by atoms with Gasteiger partial charge in [0.15, 0.2) is 0 Å². The molecule has 4 heteroatoms. The molecule has 0 saturated carbocycles. The third kappa shape index (κ3) is 2.22. The molecule has 90 valence electrons. The van der Waals surface area contributed by atoms with Crippen molar-refractivity contribution in [2.75, 3.05) is 0 Å². The van der Waals surface area contributed by atoms with Crippen molar-refractivity contribution >= 4 is 0 Å². The highest BCUT2D eigenvalue weighted by molar-refractivity contribution is 5.28. The molecular weight excluding hydrogens is 226 g/mol. The highest BCUT2D eigenvalue weighted by Gasteiger charge is 2.22. The molecule has 1 aromatic heterocycles. The van der Waals surface area contributed by atoms with Crippen LogP contribution in [0.25, 0.3) is 0 Å². The molecule has 0 aliphatic heterocycles. The van der Waals surface area contributed by atoms with E-state index in [1.807, 2.05) is 6.92 Å². The normalized spacial score (nSPS) is 12.7. The second kappa shape index (κ2) is 4.67. The smallest absolute Gasteiger partial charge is 0.142 e. The first kappa shape index (κ1) is 11.8. The van der Waals surface area contributed by atoms with Gasteiger partial charge in [-0.25, -0.2) is 8.78 Å². The monoisotopic (exact) mass is 238 g/mol. The standard InChI is InChI=1S/C13H12F2O2/c1-2-8-6-7-11(17-8)13(16)12-9(14)4-3-5-10(12)15/h3-7,13,16H,2H2,1H3. The molecule has 0 bridgehead atoms. The van der Waals surface area contributed by atoms with Crippen LogP contribution in [0.3, 0.4) is 0 Å². The quantitative estimate of drug-likeness (QED) is 0.890. The van der Waals surface area contributed by atoms with Gasteiger partial charge < -0.3 is 9.52 Å². The molecule has 17 heavy (non-hydrogen) atoms. The fourth-order valence-corrected chi connectivity index (χ4v) is 1.65. The maximum absolute atomic E-state index is 13.4. The second-order valence-electron chi connectivity index (χ2n) is 3.70. The van der Waals surface area contributed by atoms with Gasteiger partial charge in [-0.2, -0.15) is 0 Å². The second-order valence-corrected chi connectivity index (χ2v) is 3.70. The van der Waals surface area contributed by atoms with Crippen molar-refractivity contribution in [3.05, 3.63) is 59.1 Å². The molecular formula is C13H12F2O2. The molecule has 1 atom stereocenters. The predicted molar refractivity (Wildman–Crippen MR) is 58.5 cm³/mol. The van der Waals surface area contributed by atoms with Crippen LogP contribution in [-0.2, 0) is 6.42 Å². The summed E-state index contributed by atoms with van der Waals surface area (Å²) in [6.07, 6.45) is -0.761. The van der Waals surface area contributed by atoms with E-state index in [0.717, 1.165) is 12.1 Å². The van der Waals surface area contributed by atoms with E-state index in [2.05, 4.69) is 0 Å². The maximum atomic E-state index is 13.4. The molecule has 1 heterocycles. The zero-order chi connectivity index (χ0) is 12.4. The predicted octanol–water partition coefficient (Wildman–Crippen LogP) is 3.20. The van der Waals surface area contributed by atoms with Gasteiger partial charge in [-0.05, 0) is 24.3 Å². The van der Waals surface area contributed by atoms with Gasteiger partial charge in [0.2, 0.25) is 0 Å². The van der Waals surface area contributed by atoms with Crippen LogP contribution in [0.1, 0.15) is 30.1 Å². The first-order chi connectivity index (χ1) is 8.13. The number of aliphatic hydroxyl groups excluding tert-OH is 1. The SMILES string of the molecule is CCc1ccc(C(O)c2c(F)cccc2F)o1. The third-order valence-corrected chi connectivity index (χ3v) is 2.57. The van der Waals surface area contributed by atoms with Crippen molar-refractivity contribution in [3.63, 3.8) is 0 Å². The minimum absolute atomic E-state index is 0.144. The average Bonchev–Trinajstić information content (AvgIpc) is 2.77. The number of furan rings is 1. The molecule has 0 aliphatic rings. The van der Waals surface area contributed by atoms with Gasteiger partial charge in [0.1, 0.15) is 29.3 Å². The van der Waals surface area contributed by atoms with Gasteiger partial charge in [-0.1, -0.05) is 13.0 Å². The first-order valence-corrected chi connectivity index (χ1v) is 5.34. The Morgan fingerprint density at radius 2 is 1.82 bits per heavy atom. The fraction of sp³-hybridized carbons (Fsp3) is 0.231. The molecule has 1 aromatic carbocycles. The number of benzene rings is 1. The van der Waals surface area contributed by atoms with Crippen LogP contribution >= 0.6 is 0 Å². The summed E-state index contributed by atoms with van der Waals surface area (Å²) in [6.45, 7) is 1.89. The van der Waals surface area contributed by atoms with Crippen molar-refractivity contribution in [1.82, 2.24) is 0 Å². The molecule has 1 unspecified atom stereocenters. The van der Waals surface area contributed by atoms with Crippen LogP contribution in [-0.4, -0.2) is 5.11 Å². The Kier molecular flexibility index (Phi) is 3.24. The zero-order valence-corrected chi connectivity index (χ0v) is 9.28. The van der Waals surface area contributed by atoms with Crippen LogP contribution < -0.4 is 0 Å². The highest BCUT2D eigenvalue weighted by Crippen LogP contribution is 2.28.